The summed E-state index contributed by atoms with van der Waals surface area (Å²) in [6.45, 7) is 0. The van der Waals surface area contributed by atoms with Gasteiger partial charge in [0, 0.05) is 17.5 Å². The van der Waals surface area contributed by atoms with E-state index in [1.807, 2.05) is 18.2 Å². The Bertz CT molecular complexity index is 784. The Hall–Kier alpha value is -2.49. The lowest BCUT2D eigenvalue weighted by atomic mass is 9.72. The molecule has 2 aliphatic rings. The van der Waals surface area contributed by atoms with Crippen molar-refractivity contribution in [3.8, 4) is 11.5 Å². The van der Waals surface area contributed by atoms with Gasteiger partial charge in [-0.1, -0.05) is 18.2 Å². The van der Waals surface area contributed by atoms with Crippen LogP contribution in [-0.2, 0) is 6.42 Å². The van der Waals surface area contributed by atoms with Crippen LogP contribution in [0.25, 0.3) is 0 Å². The van der Waals surface area contributed by atoms with Crippen molar-refractivity contribution in [1.82, 2.24) is 5.32 Å². The molecule has 1 aliphatic heterocycles. The lowest BCUT2D eigenvalue weighted by Gasteiger charge is -2.39. The number of benzene rings is 2. The summed E-state index contributed by atoms with van der Waals surface area (Å²) in [4.78, 5) is 12.3. The fourth-order valence-electron chi connectivity index (χ4n) is 3.90. The van der Waals surface area contributed by atoms with Crippen molar-refractivity contribution in [1.29, 1.82) is 0 Å². The topological polar surface area (TPSA) is 47.6 Å². The van der Waals surface area contributed by atoms with Crippen LogP contribution in [-0.4, -0.2) is 26.2 Å². The van der Waals surface area contributed by atoms with Crippen LogP contribution >= 0.6 is 0 Å². The van der Waals surface area contributed by atoms with Crippen molar-refractivity contribution < 1.29 is 14.3 Å². The molecule has 23 heavy (non-hydrogen) atoms. The van der Waals surface area contributed by atoms with Crippen molar-refractivity contribution in [2.45, 2.75) is 24.8 Å². The molecule has 2 aromatic rings. The van der Waals surface area contributed by atoms with E-state index in [-0.39, 0.29) is 17.9 Å². The van der Waals surface area contributed by atoms with E-state index < -0.39 is 0 Å². The highest BCUT2D eigenvalue weighted by Crippen LogP contribution is 2.44. The van der Waals surface area contributed by atoms with Crippen molar-refractivity contribution in [2.24, 2.45) is 0 Å². The molecular formula is C19H19NO3. The maximum absolute atomic E-state index is 12.3. The van der Waals surface area contributed by atoms with Crippen LogP contribution in [0.3, 0.4) is 0 Å². The normalized spacial score (nSPS) is 21.6. The number of methoxy groups -OCH3 is 2. The zero-order valence-corrected chi connectivity index (χ0v) is 13.3. The zero-order chi connectivity index (χ0) is 16.0. The average molecular weight is 309 g/mol. The molecule has 2 atom stereocenters. The average Bonchev–Trinajstić information content (AvgIpc) is 2.60. The minimum absolute atomic E-state index is 0.0331. The molecule has 1 heterocycles. The summed E-state index contributed by atoms with van der Waals surface area (Å²) in [5.41, 5.74) is 4.38. The summed E-state index contributed by atoms with van der Waals surface area (Å²) in [7, 11) is 3.31. The van der Waals surface area contributed by atoms with Gasteiger partial charge in [0.05, 0.1) is 14.2 Å². The number of amides is 1. The molecule has 0 saturated heterocycles. The molecule has 0 aromatic heterocycles. The SMILES string of the molecule is COc1cc2c(cc1OC)[C@H]1c3ccccc3C(=O)N[C@@H]1CC2. The molecule has 0 bridgehead atoms. The monoisotopic (exact) mass is 309 g/mol. The molecule has 4 nitrogen and oxygen atoms in total. The van der Waals surface area contributed by atoms with Crippen LogP contribution < -0.4 is 14.8 Å². The maximum Gasteiger partial charge on any atom is 0.251 e. The van der Waals surface area contributed by atoms with E-state index in [2.05, 4.69) is 23.5 Å². The highest BCUT2D eigenvalue weighted by atomic mass is 16.5. The Balaban J connectivity index is 1.91. The first-order chi connectivity index (χ1) is 11.2. The molecule has 1 N–H and O–H groups in total. The number of carbonyl (C=O) groups is 1. The van der Waals surface area contributed by atoms with Gasteiger partial charge >= 0.3 is 0 Å². The Morgan fingerprint density at radius 3 is 2.57 bits per heavy atom. The Kier molecular flexibility index (Phi) is 3.26. The first-order valence-electron chi connectivity index (χ1n) is 7.87. The van der Waals surface area contributed by atoms with Gasteiger partial charge in [0.2, 0.25) is 0 Å². The number of hydrogen-bond acceptors (Lipinski definition) is 3. The summed E-state index contributed by atoms with van der Waals surface area (Å²) in [5.74, 6) is 1.71. The molecule has 0 fully saturated rings. The molecule has 0 spiro atoms. The Labute approximate surface area is 135 Å². The van der Waals surface area contributed by atoms with Crippen LogP contribution in [0.5, 0.6) is 11.5 Å². The van der Waals surface area contributed by atoms with Gasteiger partial charge in [-0.25, -0.2) is 0 Å². The van der Waals surface area contributed by atoms with Crippen molar-refractivity contribution in [2.75, 3.05) is 14.2 Å². The van der Waals surface area contributed by atoms with Gasteiger partial charge in [-0.05, 0) is 47.7 Å². The second-order valence-electron chi connectivity index (χ2n) is 6.09. The van der Waals surface area contributed by atoms with E-state index in [9.17, 15) is 4.79 Å². The van der Waals surface area contributed by atoms with E-state index in [1.54, 1.807) is 14.2 Å². The van der Waals surface area contributed by atoms with Crippen LogP contribution in [0, 0.1) is 0 Å². The van der Waals surface area contributed by atoms with Crippen molar-refractivity contribution >= 4 is 5.91 Å². The number of aryl methyl sites for hydroxylation is 1. The predicted molar refractivity (Wildman–Crippen MR) is 87.4 cm³/mol. The third kappa shape index (κ3) is 2.09. The zero-order valence-electron chi connectivity index (χ0n) is 13.3. The number of rotatable bonds is 2. The summed E-state index contributed by atoms with van der Waals surface area (Å²) < 4.78 is 10.9. The largest absolute Gasteiger partial charge is 0.493 e. The highest BCUT2D eigenvalue weighted by Gasteiger charge is 2.38. The van der Waals surface area contributed by atoms with Gasteiger partial charge in [-0.3, -0.25) is 4.79 Å². The van der Waals surface area contributed by atoms with Gasteiger partial charge in [-0.2, -0.15) is 0 Å². The van der Waals surface area contributed by atoms with E-state index in [0.29, 0.717) is 0 Å². The second-order valence-corrected chi connectivity index (χ2v) is 6.09. The summed E-state index contributed by atoms with van der Waals surface area (Å²) in [6.07, 6.45) is 1.87. The van der Waals surface area contributed by atoms with E-state index in [4.69, 9.17) is 9.47 Å². The predicted octanol–water partition coefficient (Wildman–Crippen LogP) is 2.89. The van der Waals surface area contributed by atoms with Crippen LogP contribution in [0.4, 0.5) is 0 Å². The summed E-state index contributed by atoms with van der Waals surface area (Å²) in [6, 6.07) is 12.2. The maximum atomic E-state index is 12.3. The summed E-state index contributed by atoms with van der Waals surface area (Å²) >= 11 is 0. The van der Waals surface area contributed by atoms with Gasteiger partial charge < -0.3 is 14.8 Å². The van der Waals surface area contributed by atoms with Gasteiger partial charge in [-0.15, -0.1) is 0 Å². The molecule has 4 rings (SSSR count). The molecule has 1 amide bonds. The Morgan fingerprint density at radius 1 is 1.04 bits per heavy atom. The van der Waals surface area contributed by atoms with Crippen molar-refractivity contribution in [3.05, 3.63) is 58.7 Å². The summed E-state index contributed by atoms with van der Waals surface area (Å²) in [5, 5.41) is 3.17. The van der Waals surface area contributed by atoms with Crippen molar-refractivity contribution in [3.63, 3.8) is 0 Å². The third-order valence-corrected chi connectivity index (χ3v) is 4.96. The molecule has 1 aliphatic carbocycles. The molecular weight excluding hydrogens is 290 g/mol. The van der Waals surface area contributed by atoms with Gasteiger partial charge in [0.25, 0.3) is 5.91 Å². The molecule has 4 heteroatoms. The first kappa shape index (κ1) is 14.1. The van der Waals surface area contributed by atoms with E-state index >= 15 is 0 Å². The minimum Gasteiger partial charge on any atom is -0.493 e. The fraction of sp³-hybridized carbons (Fsp3) is 0.316. The quantitative estimate of drug-likeness (QED) is 0.928. The molecule has 2 aromatic carbocycles. The van der Waals surface area contributed by atoms with E-state index in [0.717, 1.165) is 35.5 Å². The molecule has 0 saturated carbocycles. The highest BCUT2D eigenvalue weighted by molar-refractivity contribution is 5.97. The molecule has 0 radical (unpaired) electrons. The standard InChI is InChI=1S/C19H19NO3/c1-22-16-9-11-7-8-15-18(14(11)10-17(16)23-2)12-5-3-4-6-13(12)19(21)20-15/h3-6,9-10,15,18H,7-8H2,1-2H3,(H,20,21)/t15-,18-/m1/s1. The second kappa shape index (κ2) is 5.30. The van der Waals surface area contributed by atoms with Crippen LogP contribution in [0.15, 0.2) is 36.4 Å². The minimum atomic E-state index is 0.0331. The number of carbonyl (C=O) groups excluding carboxylic acids is 1. The fourth-order valence-corrected chi connectivity index (χ4v) is 3.90. The lowest BCUT2D eigenvalue weighted by molar-refractivity contribution is 0.0914. The number of nitrogens with one attached hydrogen (secondary N) is 1. The third-order valence-electron chi connectivity index (χ3n) is 4.96. The number of fused-ring (bicyclic) bond motifs is 5. The first-order valence-corrected chi connectivity index (χ1v) is 7.87. The van der Waals surface area contributed by atoms with E-state index in [1.165, 1.54) is 11.1 Å². The van der Waals surface area contributed by atoms with Gasteiger partial charge in [0.15, 0.2) is 11.5 Å². The van der Waals surface area contributed by atoms with Crippen LogP contribution in [0.2, 0.25) is 0 Å². The molecule has 0 unspecified atom stereocenters. The smallest absolute Gasteiger partial charge is 0.251 e. The number of hydrogen-bond donors (Lipinski definition) is 1. The molecule has 118 valence electrons. The lowest BCUT2D eigenvalue weighted by Crippen LogP contribution is -2.46. The number of ether oxygens (including phenoxy) is 2. The Morgan fingerprint density at radius 2 is 1.78 bits per heavy atom. The van der Waals surface area contributed by atoms with Gasteiger partial charge in [0.1, 0.15) is 0 Å². The van der Waals surface area contributed by atoms with Crippen LogP contribution in [0.1, 0.15) is 39.4 Å².